The topological polar surface area (TPSA) is 49.7 Å². The molecule has 0 bridgehead atoms. The summed E-state index contributed by atoms with van der Waals surface area (Å²) in [5, 5.41) is 14.4. The first kappa shape index (κ1) is 12.4. The largest absolute Gasteiger partial charge is 0.506 e. The third kappa shape index (κ3) is 1.93. The number of fused-ring (bicyclic) bond motifs is 1. The molecule has 0 amide bonds. The normalized spacial score (nSPS) is 10.7. The maximum atomic E-state index is 11.1. The molecular weight excluding hydrogens is 250 g/mol. The van der Waals surface area contributed by atoms with Crippen molar-refractivity contribution in [2.75, 3.05) is 0 Å². The molecule has 0 aliphatic heterocycles. The first-order valence-electron chi connectivity index (χ1n) is 6.36. The fourth-order valence-electron chi connectivity index (χ4n) is 2.42. The van der Waals surface area contributed by atoms with Crippen LogP contribution in [0.15, 0.2) is 59.8 Å². The van der Waals surface area contributed by atoms with Crippen LogP contribution < -0.4 is 0 Å². The van der Waals surface area contributed by atoms with Crippen molar-refractivity contribution >= 4 is 16.5 Å². The number of aryl methyl sites for hydroxylation is 1. The number of hydrogen-bond acceptors (Lipinski definition) is 3. The van der Waals surface area contributed by atoms with Gasteiger partial charge in [-0.1, -0.05) is 54.1 Å². The van der Waals surface area contributed by atoms with Crippen LogP contribution >= 0.6 is 0 Å². The van der Waals surface area contributed by atoms with E-state index in [0.29, 0.717) is 5.39 Å². The van der Waals surface area contributed by atoms with Crippen molar-refractivity contribution in [1.82, 2.24) is 0 Å². The molecule has 0 aliphatic carbocycles. The fraction of sp³-hybridized carbons (Fsp3) is 0.0588. The van der Waals surface area contributed by atoms with Crippen LogP contribution in [0, 0.1) is 11.8 Å². The number of aromatic hydroxyl groups is 1. The molecule has 3 nitrogen and oxygen atoms in total. The van der Waals surface area contributed by atoms with Crippen molar-refractivity contribution in [1.29, 1.82) is 0 Å². The third-order valence-corrected chi connectivity index (χ3v) is 3.45. The number of phenolic OH excluding ortho intramolecular Hbond substituents is 1. The SMILES string of the molecule is Cc1ccc(-c2cccc3ccc(O)c(N=O)c23)cc1. The number of nitrogens with zero attached hydrogens (tertiary/aromatic N) is 1. The van der Waals surface area contributed by atoms with Gasteiger partial charge in [0.15, 0.2) is 5.69 Å². The van der Waals surface area contributed by atoms with E-state index in [4.69, 9.17) is 0 Å². The van der Waals surface area contributed by atoms with Gasteiger partial charge in [0.05, 0.1) is 0 Å². The number of hydrogen-bond donors (Lipinski definition) is 1. The molecule has 20 heavy (non-hydrogen) atoms. The second-order valence-corrected chi connectivity index (χ2v) is 4.79. The van der Waals surface area contributed by atoms with E-state index in [1.165, 1.54) is 11.6 Å². The molecule has 3 aromatic carbocycles. The van der Waals surface area contributed by atoms with Gasteiger partial charge in [0.2, 0.25) is 0 Å². The Balaban J connectivity index is 2.38. The molecule has 0 unspecified atom stereocenters. The monoisotopic (exact) mass is 263 g/mol. The summed E-state index contributed by atoms with van der Waals surface area (Å²) in [6, 6.07) is 17.1. The molecule has 0 aliphatic rings. The molecular formula is C17H13NO2. The third-order valence-electron chi connectivity index (χ3n) is 3.45. The summed E-state index contributed by atoms with van der Waals surface area (Å²) in [4.78, 5) is 11.1. The molecule has 3 heteroatoms. The van der Waals surface area contributed by atoms with Crippen molar-refractivity contribution in [2.45, 2.75) is 6.92 Å². The molecule has 0 spiro atoms. The zero-order chi connectivity index (χ0) is 14.1. The van der Waals surface area contributed by atoms with Crippen molar-refractivity contribution in [3.05, 3.63) is 65.1 Å². The minimum atomic E-state index is -0.0907. The van der Waals surface area contributed by atoms with Gasteiger partial charge in [0.25, 0.3) is 0 Å². The maximum absolute atomic E-state index is 11.1. The Kier molecular flexibility index (Phi) is 2.95. The van der Waals surface area contributed by atoms with E-state index >= 15 is 0 Å². The first-order valence-corrected chi connectivity index (χ1v) is 6.36. The Morgan fingerprint density at radius 3 is 2.40 bits per heavy atom. The molecule has 1 N–H and O–H groups in total. The highest BCUT2D eigenvalue weighted by Crippen LogP contribution is 2.40. The average molecular weight is 263 g/mol. The highest BCUT2D eigenvalue weighted by Gasteiger charge is 2.12. The van der Waals surface area contributed by atoms with Crippen LogP contribution in [0.3, 0.4) is 0 Å². The van der Waals surface area contributed by atoms with Gasteiger partial charge in [-0.25, -0.2) is 0 Å². The van der Waals surface area contributed by atoms with E-state index in [1.807, 2.05) is 49.4 Å². The Morgan fingerprint density at radius 1 is 0.950 bits per heavy atom. The quantitative estimate of drug-likeness (QED) is 0.667. The van der Waals surface area contributed by atoms with E-state index in [1.54, 1.807) is 6.07 Å². The van der Waals surface area contributed by atoms with Gasteiger partial charge in [-0.15, -0.1) is 4.91 Å². The zero-order valence-corrected chi connectivity index (χ0v) is 11.0. The highest BCUT2D eigenvalue weighted by atomic mass is 16.3. The Morgan fingerprint density at radius 2 is 1.70 bits per heavy atom. The lowest BCUT2D eigenvalue weighted by molar-refractivity contribution is 0.477. The predicted octanol–water partition coefficient (Wildman–Crippen LogP) is 4.92. The zero-order valence-electron chi connectivity index (χ0n) is 11.0. The predicted molar refractivity (Wildman–Crippen MR) is 81.2 cm³/mol. The molecule has 0 saturated carbocycles. The van der Waals surface area contributed by atoms with Crippen LogP contribution in [0.1, 0.15) is 5.56 Å². The van der Waals surface area contributed by atoms with Gasteiger partial charge < -0.3 is 5.11 Å². The smallest absolute Gasteiger partial charge is 0.158 e. The van der Waals surface area contributed by atoms with E-state index in [-0.39, 0.29) is 11.4 Å². The number of nitroso groups, excluding NO2 is 1. The highest BCUT2D eigenvalue weighted by molar-refractivity contribution is 6.05. The Labute approximate surface area is 116 Å². The summed E-state index contributed by atoms with van der Waals surface area (Å²) < 4.78 is 0. The van der Waals surface area contributed by atoms with Crippen LogP contribution in [0.25, 0.3) is 21.9 Å². The number of benzene rings is 3. The second-order valence-electron chi connectivity index (χ2n) is 4.79. The van der Waals surface area contributed by atoms with Crippen molar-refractivity contribution in [3.8, 4) is 16.9 Å². The van der Waals surface area contributed by atoms with Crippen molar-refractivity contribution in [3.63, 3.8) is 0 Å². The van der Waals surface area contributed by atoms with Gasteiger partial charge in [-0.3, -0.25) is 0 Å². The molecule has 0 radical (unpaired) electrons. The van der Waals surface area contributed by atoms with Crippen LogP contribution in [-0.4, -0.2) is 5.11 Å². The van der Waals surface area contributed by atoms with Gasteiger partial charge in [-0.05, 0) is 34.7 Å². The maximum Gasteiger partial charge on any atom is 0.158 e. The first-order chi connectivity index (χ1) is 9.70. The molecule has 98 valence electrons. The van der Waals surface area contributed by atoms with Gasteiger partial charge in [-0.2, -0.15) is 0 Å². The summed E-state index contributed by atoms with van der Waals surface area (Å²) in [5.41, 5.74) is 3.16. The summed E-state index contributed by atoms with van der Waals surface area (Å²) in [7, 11) is 0. The van der Waals surface area contributed by atoms with Gasteiger partial charge >= 0.3 is 0 Å². The molecule has 0 heterocycles. The average Bonchev–Trinajstić information content (AvgIpc) is 2.47. The summed E-state index contributed by atoms with van der Waals surface area (Å²) in [6.45, 7) is 2.02. The molecule has 0 saturated heterocycles. The molecule has 3 rings (SSSR count). The van der Waals surface area contributed by atoms with Gasteiger partial charge in [0.1, 0.15) is 5.75 Å². The fourth-order valence-corrected chi connectivity index (χ4v) is 2.42. The second kappa shape index (κ2) is 4.78. The van der Waals surface area contributed by atoms with E-state index in [0.717, 1.165) is 16.5 Å². The lowest BCUT2D eigenvalue weighted by Gasteiger charge is -2.09. The van der Waals surface area contributed by atoms with E-state index < -0.39 is 0 Å². The summed E-state index contributed by atoms with van der Waals surface area (Å²) in [6.07, 6.45) is 0. The lowest BCUT2D eigenvalue weighted by Crippen LogP contribution is -1.83. The lowest BCUT2D eigenvalue weighted by atomic mass is 9.96. The number of rotatable bonds is 2. The summed E-state index contributed by atoms with van der Waals surface area (Å²) in [5.74, 6) is -0.0907. The molecule has 0 fully saturated rings. The molecule has 0 aromatic heterocycles. The van der Waals surface area contributed by atoms with E-state index in [2.05, 4.69) is 5.18 Å². The standard InChI is InChI=1S/C17H13NO2/c1-11-5-7-12(8-6-11)14-4-2-3-13-9-10-15(19)17(18-20)16(13)14/h2-10,19H,1H3. The van der Waals surface area contributed by atoms with Crippen molar-refractivity contribution < 1.29 is 5.11 Å². The van der Waals surface area contributed by atoms with Gasteiger partial charge in [0, 0.05) is 5.39 Å². The van der Waals surface area contributed by atoms with Crippen LogP contribution in [0.2, 0.25) is 0 Å². The minimum absolute atomic E-state index is 0.0907. The summed E-state index contributed by atoms with van der Waals surface area (Å²) >= 11 is 0. The number of phenols is 1. The minimum Gasteiger partial charge on any atom is -0.506 e. The van der Waals surface area contributed by atoms with Crippen molar-refractivity contribution in [2.24, 2.45) is 5.18 Å². The molecule has 3 aromatic rings. The Hall–Kier alpha value is -2.68. The van der Waals surface area contributed by atoms with E-state index in [9.17, 15) is 10.0 Å². The Bertz CT molecular complexity index is 792. The van der Waals surface area contributed by atoms with Crippen LogP contribution in [0.4, 0.5) is 5.69 Å². The van der Waals surface area contributed by atoms with Crippen LogP contribution in [0.5, 0.6) is 5.75 Å². The molecule has 0 atom stereocenters. The van der Waals surface area contributed by atoms with Crippen LogP contribution in [-0.2, 0) is 0 Å².